The van der Waals surface area contributed by atoms with Gasteiger partial charge in [0.15, 0.2) is 5.16 Å². The Balaban J connectivity index is 2.72. The predicted molar refractivity (Wildman–Crippen MR) is 53.6 cm³/mol. The highest BCUT2D eigenvalue weighted by Gasteiger charge is 2.08. The normalized spacial score (nSPS) is 10.5. The zero-order valence-corrected chi connectivity index (χ0v) is 8.69. The molecule has 0 aliphatic rings. The van der Waals surface area contributed by atoms with Gasteiger partial charge in [-0.05, 0) is 6.07 Å². The van der Waals surface area contributed by atoms with Gasteiger partial charge in [-0.2, -0.15) is 5.26 Å². The van der Waals surface area contributed by atoms with Gasteiger partial charge in [-0.25, -0.2) is 14.8 Å². The average molecular weight is 221 g/mol. The van der Waals surface area contributed by atoms with Crippen molar-refractivity contribution in [3.8, 4) is 6.07 Å². The lowest BCUT2D eigenvalue weighted by atomic mass is 10.3. The van der Waals surface area contributed by atoms with E-state index in [-0.39, 0.29) is 5.57 Å². The van der Waals surface area contributed by atoms with Crippen molar-refractivity contribution in [1.29, 1.82) is 5.26 Å². The number of hydrogen-bond acceptors (Lipinski definition) is 6. The maximum absolute atomic E-state index is 11.0. The molecule has 6 heteroatoms. The van der Waals surface area contributed by atoms with Gasteiger partial charge in [0.05, 0.1) is 7.11 Å². The summed E-state index contributed by atoms with van der Waals surface area (Å²) in [6.07, 6.45) is 3.15. The summed E-state index contributed by atoms with van der Waals surface area (Å²) >= 11 is 1.09. The molecule has 0 bridgehead atoms. The van der Waals surface area contributed by atoms with Gasteiger partial charge < -0.3 is 4.74 Å². The van der Waals surface area contributed by atoms with Crippen LogP contribution < -0.4 is 0 Å². The molecule has 1 rings (SSSR count). The summed E-state index contributed by atoms with van der Waals surface area (Å²) < 4.78 is 4.41. The molecule has 0 fully saturated rings. The second-order valence-corrected chi connectivity index (χ2v) is 3.12. The second kappa shape index (κ2) is 5.78. The summed E-state index contributed by atoms with van der Waals surface area (Å²) in [5, 5.41) is 10.5. The summed E-state index contributed by atoms with van der Waals surface area (Å²) in [4.78, 5) is 18.8. The maximum atomic E-state index is 11.0. The molecule has 15 heavy (non-hydrogen) atoms. The van der Waals surface area contributed by atoms with Gasteiger partial charge in [-0.3, -0.25) is 0 Å². The maximum Gasteiger partial charge on any atom is 0.349 e. The Morgan fingerprint density at radius 3 is 2.80 bits per heavy atom. The van der Waals surface area contributed by atoms with Gasteiger partial charge in [-0.15, -0.1) is 0 Å². The van der Waals surface area contributed by atoms with E-state index in [1.165, 1.54) is 12.5 Å². The molecule has 5 nitrogen and oxygen atoms in total. The van der Waals surface area contributed by atoms with Crippen LogP contribution in [0.25, 0.3) is 0 Å². The SMILES string of the molecule is COC(=O)C(C#N)=CSc1ncccn1. The number of methoxy groups -OCH3 is 1. The van der Waals surface area contributed by atoms with Crippen LogP contribution in [0.15, 0.2) is 34.6 Å². The molecule has 1 heterocycles. The summed E-state index contributed by atoms with van der Waals surface area (Å²) in [6, 6.07) is 3.41. The predicted octanol–water partition coefficient (Wildman–Crippen LogP) is 1.15. The highest BCUT2D eigenvalue weighted by molar-refractivity contribution is 8.02. The van der Waals surface area contributed by atoms with Crippen LogP contribution in [-0.4, -0.2) is 23.0 Å². The lowest BCUT2D eigenvalue weighted by Crippen LogP contribution is -2.02. The molecule has 0 aromatic carbocycles. The zero-order valence-electron chi connectivity index (χ0n) is 7.88. The average Bonchev–Trinajstić information content (AvgIpc) is 2.31. The zero-order chi connectivity index (χ0) is 11.1. The van der Waals surface area contributed by atoms with Gasteiger partial charge in [-0.1, -0.05) is 11.8 Å². The Labute approximate surface area is 90.8 Å². The molecule has 0 aliphatic carbocycles. The number of nitrogens with zero attached hydrogens (tertiary/aromatic N) is 3. The molecule has 76 valence electrons. The molecule has 0 N–H and O–H groups in total. The topological polar surface area (TPSA) is 75.9 Å². The number of thioether (sulfide) groups is 1. The van der Waals surface area contributed by atoms with E-state index in [1.807, 2.05) is 0 Å². The standard InChI is InChI=1S/C9H7N3O2S/c1-14-8(13)7(5-10)6-15-9-11-3-2-4-12-9/h2-4,6H,1H3. The van der Waals surface area contributed by atoms with Crippen molar-refractivity contribution in [2.24, 2.45) is 0 Å². The first-order valence-corrected chi connectivity index (χ1v) is 4.78. The van der Waals surface area contributed by atoms with E-state index in [4.69, 9.17) is 5.26 Å². The number of hydrogen-bond donors (Lipinski definition) is 0. The molecule has 0 atom stereocenters. The summed E-state index contributed by atoms with van der Waals surface area (Å²) in [5.74, 6) is -0.666. The fourth-order valence-corrected chi connectivity index (χ4v) is 1.30. The Morgan fingerprint density at radius 1 is 1.60 bits per heavy atom. The van der Waals surface area contributed by atoms with Gasteiger partial charge in [0.2, 0.25) is 0 Å². The molecular formula is C9H7N3O2S. The van der Waals surface area contributed by atoms with Crippen molar-refractivity contribution in [3.05, 3.63) is 29.4 Å². The van der Waals surface area contributed by atoms with Gasteiger partial charge >= 0.3 is 5.97 Å². The number of ether oxygens (including phenoxy) is 1. The highest BCUT2D eigenvalue weighted by Crippen LogP contribution is 2.15. The number of esters is 1. The van der Waals surface area contributed by atoms with Crippen LogP contribution in [0, 0.1) is 11.3 Å². The van der Waals surface area contributed by atoms with E-state index in [1.54, 1.807) is 24.5 Å². The van der Waals surface area contributed by atoms with Crippen LogP contribution in [-0.2, 0) is 9.53 Å². The Kier molecular flexibility index (Phi) is 4.31. The first-order valence-electron chi connectivity index (χ1n) is 3.90. The van der Waals surface area contributed by atoms with Crippen molar-refractivity contribution < 1.29 is 9.53 Å². The van der Waals surface area contributed by atoms with Crippen molar-refractivity contribution in [1.82, 2.24) is 9.97 Å². The highest BCUT2D eigenvalue weighted by atomic mass is 32.2. The minimum absolute atomic E-state index is 0.0741. The smallest absolute Gasteiger partial charge is 0.349 e. The van der Waals surface area contributed by atoms with Gasteiger partial charge in [0.25, 0.3) is 0 Å². The number of nitriles is 1. The molecular weight excluding hydrogens is 214 g/mol. The fraction of sp³-hybridized carbons (Fsp3) is 0.111. The summed E-state index contributed by atoms with van der Waals surface area (Å²) in [6.45, 7) is 0. The molecule has 0 radical (unpaired) electrons. The van der Waals surface area contributed by atoms with E-state index < -0.39 is 5.97 Å². The minimum atomic E-state index is -0.666. The van der Waals surface area contributed by atoms with Gasteiger partial charge in [0, 0.05) is 17.8 Å². The van der Waals surface area contributed by atoms with E-state index in [0.717, 1.165) is 11.8 Å². The van der Waals surface area contributed by atoms with Crippen molar-refractivity contribution in [2.75, 3.05) is 7.11 Å². The Hall–Kier alpha value is -1.87. The molecule has 1 aromatic rings. The quantitative estimate of drug-likeness (QED) is 0.250. The molecule has 0 amide bonds. The van der Waals surface area contributed by atoms with Crippen LogP contribution in [0.4, 0.5) is 0 Å². The van der Waals surface area contributed by atoms with Crippen molar-refractivity contribution in [2.45, 2.75) is 5.16 Å². The number of carbonyl (C=O) groups is 1. The van der Waals surface area contributed by atoms with Gasteiger partial charge in [0.1, 0.15) is 11.6 Å². The van der Waals surface area contributed by atoms with Crippen LogP contribution in [0.1, 0.15) is 0 Å². The first-order chi connectivity index (χ1) is 7.27. The van der Waals surface area contributed by atoms with Crippen molar-refractivity contribution in [3.63, 3.8) is 0 Å². The number of carbonyl (C=O) groups excluding carboxylic acids is 1. The van der Waals surface area contributed by atoms with E-state index in [9.17, 15) is 4.79 Å². The monoisotopic (exact) mass is 221 g/mol. The number of rotatable bonds is 3. The summed E-state index contributed by atoms with van der Waals surface area (Å²) in [5.41, 5.74) is -0.0741. The molecule has 1 aromatic heterocycles. The lowest BCUT2D eigenvalue weighted by molar-refractivity contribution is -0.135. The third-order valence-corrected chi connectivity index (χ3v) is 2.13. The fourth-order valence-electron chi connectivity index (χ4n) is 0.688. The minimum Gasteiger partial charge on any atom is -0.465 e. The third kappa shape index (κ3) is 3.40. The molecule has 0 spiro atoms. The summed E-state index contributed by atoms with van der Waals surface area (Å²) in [7, 11) is 1.22. The third-order valence-electron chi connectivity index (χ3n) is 1.35. The Morgan fingerprint density at radius 2 is 2.27 bits per heavy atom. The first kappa shape index (κ1) is 11.2. The molecule has 0 saturated heterocycles. The lowest BCUT2D eigenvalue weighted by Gasteiger charge is -1.95. The van der Waals surface area contributed by atoms with Crippen LogP contribution in [0.3, 0.4) is 0 Å². The van der Waals surface area contributed by atoms with Crippen LogP contribution >= 0.6 is 11.8 Å². The van der Waals surface area contributed by atoms with E-state index in [0.29, 0.717) is 5.16 Å². The van der Waals surface area contributed by atoms with Crippen molar-refractivity contribution >= 4 is 17.7 Å². The largest absolute Gasteiger partial charge is 0.465 e. The number of aromatic nitrogens is 2. The van der Waals surface area contributed by atoms with Crippen LogP contribution in [0.2, 0.25) is 0 Å². The van der Waals surface area contributed by atoms with E-state index in [2.05, 4.69) is 14.7 Å². The second-order valence-electron chi connectivity index (χ2n) is 2.28. The Bertz CT molecular complexity index is 411. The molecule has 0 saturated carbocycles. The molecule has 0 aliphatic heterocycles. The van der Waals surface area contributed by atoms with E-state index >= 15 is 0 Å². The molecule has 0 unspecified atom stereocenters. The van der Waals surface area contributed by atoms with Crippen LogP contribution in [0.5, 0.6) is 0 Å².